The van der Waals surface area contributed by atoms with Crippen LogP contribution in [0, 0.1) is 17.2 Å². The highest BCUT2D eigenvalue weighted by atomic mass is 19.1. The molecule has 184 valence electrons. The number of benzene rings is 1. The Bertz CT molecular complexity index is 821. The van der Waals surface area contributed by atoms with Gasteiger partial charge in [-0.05, 0) is 55.8 Å². The number of primary amides is 1. The van der Waals surface area contributed by atoms with E-state index >= 15 is 0 Å². The van der Waals surface area contributed by atoms with Crippen LogP contribution in [-0.4, -0.2) is 66.1 Å². The molecule has 2 unspecified atom stereocenters. The Morgan fingerprint density at radius 2 is 1.82 bits per heavy atom. The molecule has 2 rings (SSSR count). The zero-order valence-corrected chi connectivity index (χ0v) is 19.8. The second-order valence-corrected chi connectivity index (χ2v) is 9.88. The molecule has 0 saturated carbocycles. The Labute approximate surface area is 195 Å². The summed E-state index contributed by atoms with van der Waals surface area (Å²) in [7, 11) is 0. The summed E-state index contributed by atoms with van der Waals surface area (Å²) in [4.78, 5) is 39.2. The standard InChI is InChI=1S/C24H37FN4O4/c1-24(2,3)21(28-20(31)15-29-10-6-7-11-29)23(33)27-14-18(30)13-17(22(26)32)12-16-8-4-5-9-19(16)25/h4-5,8-9,17-18,21,30H,6-7,10-15H2,1-3H3,(H2,26,32)(H,27,33)(H,28,31)/t17?,18-,21?/m0/s1. The summed E-state index contributed by atoms with van der Waals surface area (Å²) < 4.78 is 13.9. The van der Waals surface area contributed by atoms with Gasteiger partial charge < -0.3 is 21.5 Å². The maximum absolute atomic E-state index is 13.9. The number of likely N-dealkylation sites (tertiary alicyclic amines) is 1. The second kappa shape index (κ2) is 12.1. The Balaban J connectivity index is 1.90. The number of carbonyl (C=O) groups is 3. The van der Waals surface area contributed by atoms with Crippen molar-refractivity contribution in [3.05, 3.63) is 35.6 Å². The zero-order valence-electron chi connectivity index (χ0n) is 19.8. The average Bonchev–Trinajstić information content (AvgIpc) is 3.23. The van der Waals surface area contributed by atoms with Gasteiger partial charge in [0.25, 0.3) is 0 Å². The molecule has 1 aliphatic rings. The molecular weight excluding hydrogens is 427 g/mol. The minimum absolute atomic E-state index is 0.0224. The van der Waals surface area contributed by atoms with Gasteiger partial charge in [0.15, 0.2) is 0 Å². The van der Waals surface area contributed by atoms with E-state index in [9.17, 15) is 23.9 Å². The fourth-order valence-electron chi connectivity index (χ4n) is 3.99. The van der Waals surface area contributed by atoms with Crippen LogP contribution < -0.4 is 16.4 Å². The number of hydrogen-bond acceptors (Lipinski definition) is 5. The van der Waals surface area contributed by atoms with Crippen LogP contribution in [0.25, 0.3) is 0 Å². The van der Waals surface area contributed by atoms with Crippen LogP contribution in [-0.2, 0) is 20.8 Å². The quantitative estimate of drug-likeness (QED) is 0.388. The number of hydrogen-bond donors (Lipinski definition) is 4. The highest BCUT2D eigenvalue weighted by Gasteiger charge is 2.33. The summed E-state index contributed by atoms with van der Waals surface area (Å²) in [5, 5.41) is 15.9. The molecule has 1 fully saturated rings. The lowest BCUT2D eigenvalue weighted by molar-refractivity contribution is -0.132. The van der Waals surface area contributed by atoms with E-state index in [1.54, 1.807) is 18.2 Å². The van der Waals surface area contributed by atoms with E-state index in [2.05, 4.69) is 15.5 Å². The molecule has 1 aromatic rings. The molecule has 0 aromatic heterocycles. The first-order valence-electron chi connectivity index (χ1n) is 11.5. The molecule has 0 aliphatic carbocycles. The Morgan fingerprint density at radius 1 is 1.18 bits per heavy atom. The van der Waals surface area contributed by atoms with Crippen molar-refractivity contribution >= 4 is 17.7 Å². The summed E-state index contributed by atoms with van der Waals surface area (Å²) in [6.07, 6.45) is 1.12. The predicted molar refractivity (Wildman–Crippen MR) is 123 cm³/mol. The first kappa shape index (κ1) is 26.7. The number of amides is 3. The first-order chi connectivity index (χ1) is 15.5. The fraction of sp³-hybridized carbons (Fsp3) is 0.625. The monoisotopic (exact) mass is 464 g/mol. The predicted octanol–water partition coefficient (Wildman–Crippen LogP) is 0.964. The number of nitrogens with zero attached hydrogens (tertiary/aromatic N) is 1. The molecule has 5 N–H and O–H groups in total. The normalized spacial score (nSPS) is 17.2. The third-order valence-corrected chi connectivity index (χ3v) is 5.89. The molecule has 1 saturated heterocycles. The van der Waals surface area contributed by atoms with Crippen molar-refractivity contribution in [2.24, 2.45) is 17.1 Å². The van der Waals surface area contributed by atoms with Gasteiger partial charge >= 0.3 is 0 Å². The van der Waals surface area contributed by atoms with Gasteiger partial charge in [-0.3, -0.25) is 19.3 Å². The van der Waals surface area contributed by atoms with Gasteiger partial charge in [0.05, 0.1) is 12.6 Å². The number of aliphatic hydroxyl groups is 1. The van der Waals surface area contributed by atoms with Crippen molar-refractivity contribution in [1.29, 1.82) is 0 Å². The molecule has 33 heavy (non-hydrogen) atoms. The Morgan fingerprint density at radius 3 is 2.39 bits per heavy atom. The van der Waals surface area contributed by atoms with E-state index in [0.29, 0.717) is 5.56 Å². The number of halogens is 1. The smallest absolute Gasteiger partial charge is 0.243 e. The van der Waals surface area contributed by atoms with Gasteiger partial charge in [-0.1, -0.05) is 39.0 Å². The maximum atomic E-state index is 13.9. The van der Waals surface area contributed by atoms with Crippen LogP contribution >= 0.6 is 0 Å². The van der Waals surface area contributed by atoms with Gasteiger partial charge in [0.2, 0.25) is 17.7 Å². The third kappa shape index (κ3) is 8.74. The molecule has 9 heteroatoms. The topological polar surface area (TPSA) is 125 Å². The van der Waals surface area contributed by atoms with E-state index in [0.717, 1.165) is 25.9 Å². The highest BCUT2D eigenvalue weighted by molar-refractivity contribution is 5.89. The summed E-state index contributed by atoms with van der Waals surface area (Å²) in [6.45, 7) is 7.43. The largest absolute Gasteiger partial charge is 0.391 e. The fourth-order valence-corrected chi connectivity index (χ4v) is 3.99. The van der Waals surface area contributed by atoms with Crippen molar-refractivity contribution in [3.8, 4) is 0 Å². The average molecular weight is 465 g/mol. The van der Waals surface area contributed by atoms with E-state index in [1.807, 2.05) is 20.8 Å². The molecule has 1 aliphatic heterocycles. The lowest BCUT2D eigenvalue weighted by atomic mass is 9.86. The van der Waals surface area contributed by atoms with Gasteiger partial charge in [0, 0.05) is 12.5 Å². The molecular formula is C24H37FN4O4. The summed E-state index contributed by atoms with van der Waals surface area (Å²) in [6, 6.07) is 5.30. The van der Waals surface area contributed by atoms with Crippen molar-refractivity contribution in [3.63, 3.8) is 0 Å². The molecule has 3 amide bonds. The summed E-state index contributed by atoms with van der Waals surface area (Å²) in [5.74, 6) is -2.51. The number of nitrogens with two attached hydrogens (primary N) is 1. The van der Waals surface area contributed by atoms with Gasteiger partial charge in [0.1, 0.15) is 11.9 Å². The molecule has 0 bridgehead atoms. The number of rotatable bonds is 11. The molecule has 0 spiro atoms. The molecule has 3 atom stereocenters. The van der Waals surface area contributed by atoms with Gasteiger partial charge in [-0.25, -0.2) is 4.39 Å². The molecule has 8 nitrogen and oxygen atoms in total. The Hall–Kier alpha value is -2.52. The number of aliphatic hydroxyl groups excluding tert-OH is 1. The minimum atomic E-state index is -1.06. The maximum Gasteiger partial charge on any atom is 0.243 e. The lowest BCUT2D eigenvalue weighted by Crippen LogP contribution is -2.56. The molecule has 0 radical (unpaired) electrons. The zero-order chi connectivity index (χ0) is 24.6. The van der Waals surface area contributed by atoms with Crippen LogP contribution in [0.1, 0.15) is 45.6 Å². The van der Waals surface area contributed by atoms with Crippen molar-refractivity contribution in [1.82, 2.24) is 15.5 Å². The lowest BCUT2D eigenvalue weighted by Gasteiger charge is -2.31. The second-order valence-electron chi connectivity index (χ2n) is 9.88. The minimum Gasteiger partial charge on any atom is -0.391 e. The van der Waals surface area contributed by atoms with E-state index in [4.69, 9.17) is 5.73 Å². The van der Waals surface area contributed by atoms with Crippen LogP contribution in [0.3, 0.4) is 0 Å². The molecule has 1 heterocycles. The van der Waals surface area contributed by atoms with Crippen molar-refractivity contribution in [2.75, 3.05) is 26.2 Å². The first-order valence-corrected chi connectivity index (χ1v) is 11.5. The van der Waals surface area contributed by atoms with E-state index < -0.39 is 41.1 Å². The summed E-state index contributed by atoms with van der Waals surface area (Å²) in [5.41, 5.74) is 5.25. The van der Waals surface area contributed by atoms with Crippen molar-refractivity contribution < 1.29 is 23.9 Å². The third-order valence-electron chi connectivity index (χ3n) is 5.89. The van der Waals surface area contributed by atoms with E-state index in [-0.39, 0.29) is 31.8 Å². The van der Waals surface area contributed by atoms with Crippen molar-refractivity contribution in [2.45, 2.75) is 58.6 Å². The highest BCUT2D eigenvalue weighted by Crippen LogP contribution is 2.20. The number of carbonyl (C=O) groups excluding carboxylic acids is 3. The Kier molecular flexibility index (Phi) is 9.79. The van der Waals surface area contributed by atoms with Gasteiger partial charge in [-0.15, -0.1) is 0 Å². The van der Waals surface area contributed by atoms with Gasteiger partial charge in [-0.2, -0.15) is 0 Å². The van der Waals surface area contributed by atoms with E-state index in [1.165, 1.54) is 6.07 Å². The SMILES string of the molecule is CC(C)(C)C(NC(=O)CN1CCCC1)C(=O)NC[C@@H](O)CC(Cc1ccccc1F)C(N)=O. The van der Waals surface area contributed by atoms with Crippen LogP contribution in [0.5, 0.6) is 0 Å². The van der Waals surface area contributed by atoms with Crippen LogP contribution in [0.4, 0.5) is 4.39 Å². The van der Waals surface area contributed by atoms with Crippen LogP contribution in [0.15, 0.2) is 24.3 Å². The summed E-state index contributed by atoms with van der Waals surface area (Å²) >= 11 is 0. The number of nitrogens with one attached hydrogen (secondary N) is 2. The van der Waals surface area contributed by atoms with Crippen LogP contribution in [0.2, 0.25) is 0 Å². The molecule has 1 aromatic carbocycles.